The molecule has 0 aliphatic carbocycles. The first-order valence-corrected chi connectivity index (χ1v) is 12.0. The summed E-state index contributed by atoms with van der Waals surface area (Å²) in [7, 11) is 1.66. The van der Waals surface area contributed by atoms with Crippen molar-refractivity contribution in [2.24, 2.45) is 0 Å². The minimum Gasteiger partial charge on any atom is -0.377 e. The van der Waals surface area contributed by atoms with E-state index in [2.05, 4.69) is 37.2 Å². The summed E-state index contributed by atoms with van der Waals surface area (Å²) in [5.74, 6) is 0.235. The lowest BCUT2D eigenvalue weighted by atomic mass is 9.99. The summed E-state index contributed by atoms with van der Waals surface area (Å²) in [5, 5.41) is 6.91. The summed E-state index contributed by atoms with van der Waals surface area (Å²) in [6, 6.07) is 3.24. The van der Waals surface area contributed by atoms with Crippen molar-refractivity contribution < 1.29 is 23.7 Å². The van der Waals surface area contributed by atoms with Crippen molar-refractivity contribution in [3.63, 3.8) is 0 Å². The molecule has 2 fully saturated rings. The molecule has 4 aromatic rings. The summed E-state index contributed by atoms with van der Waals surface area (Å²) in [6.07, 6.45) is 0.255. The Morgan fingerprint density at radius 1 is 1.27 bits per heavy atom. The zero-order valence-corrected chi connectivity index (χ0v) is 20.8. The Bertz CT molecular complexity index is 1420. The molecule has 0 saturated carbocycles. The van der Waals surface area contributed by atoms with Gasteiger partial charge in [0.1, 0.15) is 17.5 Å². The number of alkyl halides is 3. The number of rotatable bonds is 5. The fourth-order valence-electron chi connectivity index (χ4n) is 4.70. The highest BCUT2D eigenvalue weighted by Gasteiger charge is 2.42. The zero-order valence-electron chi connectivity index (χ0n) is 20.8. The Morgan fingerprint density at radius 3 is 2.68 bits per heavy atom. The normalized spacial score (nSPS) is 19.3. The number of pyridine rings is 1. The number of imidazole rings is 1. The van der Waals surface area contributed by atoms with Crippen molar-refractivity contribution in [1.29, 1.82) is 0 Å². The van der Waals surface area contributed by atoms with Gasteiger partial charge in [-0.25, -0.2) is 37.0 Å². The van der Waals surface area contributed by atoms with E-state index in [1.54, 1.807) is 26.1 Å². The van der Waals surface area contributed by atoms with Gasteiger partial charge in [-0.3, -0.25) is 4.90 Å². The summed E-state index contributed by atoms with van der Waals surface area (Å²) < 4.78 is 60.9. The quantitative estimate of drug-likeness (QED) is 0.397. The number of hydrogen-bond acceptors (Lipinski definition) is 7. The van der Waals surface area contributed by atoms with Gasteiger partial charge >= 0.3 is 0 Å². The third kappa shape index (κ3) is 4.85. The molecule has 200 valence electrons. The summed E-state index contributed by atoms with van der Waals surface area (Å²) in [4.78, 5) is 14.9. The molecule has 2 aliphatic heterocycles. The van der Waals surface area contributed by atoms with Crippen LogP contribution in [0.2, 0.25) is 0 Å². The minimum absolute atomic E-state index is 0. The maximum atomic E-state index is 14.6. The van der Waals surface area contributed by atoms with Gasteiger partial charge in [0.05, 0.1) is 54.5 Å². The highest BCUT2D eigenvalue weighted by molar-refractivity contribution is 5.83. The molecule has 1 atom stereocenters. The van der Waals surface area contributed by atoms with Crippen LogP contribution in [0.15, 0.2) is 24.5 Å². The second-order valence-electron chi connectivity index (χ2n) is 9.54. The van der Waals surface area contributed by atoms with Crippen molar-refractivity contribution in [3.8, 4) is 11.3 Å². The lowest BCUT2D eigenvalue weighted by molar-refractivity contribution is -0.124. The minimum atomic E-state index is -2.54. The number of likely N-dealkylation sites (tertiary alicyclic amines) is 1. The van der Waals surface area contributed by atoms with Gasteiger partial charge in [-0.05, 0) is 32.4 Å². The predicted octanol–water partition coefficient (Wildman–Crippen LogP) is 3.96. The molecule has 37 heavy (non-hydrogen) atoms. The fourth-order valence-corrected chi connectivity index (χ4v) is 4.70. The lowest BCUT2D eigenvalue weighted by Gasteiger charge is -2.45. The maximum Gasteiger partial charge on any atom is 0.256 e. The van der Waals surface area contributed by atoms with Crippen LogP contribution in [0.3, 0.4) is 0 Å². The molecule has 6 heterocycles. The van der Waals surface area contributed by atoms with Crippen LogP contribution in [-0.4, -0.2) is 85.5 Å². The predicted molar refractivity (Wildman–Crippen MR) is 132 cm³/mol. The largest absolute Gasteiger partial charge is 0.377 e. The molecule has 4 aromatic heterocycles. The van der Waals surface area contributed by atoms with E-state index in [0.29, 0.717) is 41.5 Å². The van der Waals surface area contributed by atoms with Crippen LogP contribution in [0.5, 0.6) is 0 Å². The van der Waals surface area contributed by atoms with Gasteiger partial charge in [0.2, 0.25) is 5.95 Å². The molecule has 0 radical (unpaired) electrons. The van der Waals surface area contributed by atoms with Crippen LogP contribution in [0, 0.1) is 12.7 Å². The van der Waals surface area contributed by atoms with E-state index in [4.69, 9.17) is 4.74 Å². The van der Waals surface area contributed by atoms with E-state index in [1.165, 1.54) is 21.5 Å². The molecule has 0 spiro atoms. The Morgan fingerprint density at radius 2 is 2.05 bits per heavy atom. The maximum absolute atomic E-state index is 14.6. The van der Waals surface area contributed by atoms with Crippen molar-refractivity contribution in [1.82, 2.24) is 34.0 Å². The molecule has 0 aromatic carbocycles. The number of nitrogens with zero attached hydrogens (tertiary/aromatic N) is 7. The number of aryl methyl sites for hydroxylation is 1. The molecular weight excluding hydrogens is 492 g/mol. The van der Waals surface area contributed by atoms with Crippen LogP contribution in [0.1, 0.15) is 20.6 Å². The van der Waals surface area contributed by atoms with Gasteiger partial charge in [-0.2, -0.15) is 0 Å². The van der Waals surface area contributed by atoms with Gasteiger partial charge in [0, 0.05) is 21.6 Å². The van der Waals surface area contributed by atoms with Gasteiger partial charge in [0.15, 0.2) is 11.5 Å². The van der Waals surface area contributed by atoms with Crippen molar-refractivity contribution in [2.75, 3.05) is 38.7 Å². The summed E-state index contributed by atoms with van der Waals surface area (Å²) in [6.45, 7) is 6.33. The molecule has 0 amide bonds. The Hall–Kier alpha value is -3.32. The third-order valence-electron chi connectivity index (χ3n) is 6.79. The molecule has 2 aliphatic rings. The molecular formula is C24H30F4N8O. The third-order valence-corrected chi connectivity index (χ3v) is 6.79. The van der Waals surface area contributed by atoms with Gasteiger partial charge in [-0.1, -0.05) is 0 Å². The second kappa shape index (κ2) is 9.86. The standard InChI is InChI=1S/C16H14F3N7.C8H14FNO.H2/c1-8-22-11-4-3-10(23-15(11)25(8)7-13(18)19)14-9(17)6-26-12(14)5-21-16(20-2)24-26;1-8(5-11-6-8)10-3-2-7(9)4-10;/h3-6,13H,7H2,1-2H3,(H,20,24);7H,2-6H2,1H3;1H/t;7-;/m.1./s1. The smallest absolute Gasteiger partial charge is 0.256 e. The number of anilines is 1. The Kier molecular flexibility index (Phi) is 6.75. The number of halogens is 4. The number of aromatic nitrogens is 6. The fraction of sp³-hybridized carbons (Fsp3) is 0.500. The average Bonchev–Trinajstić information content (AvgIpc) is 3.51. The monoisotopic (exact) mass is 522 g/mol. The van der Waals surface area contributed by atoms with E-state index >= 15 is 0 Å². The highest BCUT2D eigenvalue weighted by Crippen LogP contribution is 2.30. The number of hydrogen-bond donors (Lipinski definition) is 1. The Balaban J connectivity index is 0.000000235. The highest BCUT2D eigenvalue weighted by atomic mass is 19.3. The van der Waals surface area contributed by atoms with E-state index in [9.17, 15) is 17.6 Å². The van der Waals surface area contributed by atoms with Gasteiger partial charge in [0.25, 0.3) is 6.43 Å². The number of ether oxygens (including phenoxy) is 1. The van der Waals surface area contributed by atoms with Crippen LogP contribution in [0.25, 0.3) is 27.9 Å². The van der Waals surface area contributed by atoms with E-state index in [-0.39, 0.29) is 18.2 Å². The van der Waals surface area contributed by atoms with Crippen LogP contribution in [-0.2, 0) is 11.3 Å². The average molecular weight is 523 g/mol. The first-order valence-electron chi connectivity index (χ1n) is 12.0. The molecule has 6 rings (SSSR count). The van der Waals surface area contributed by atoms with Gasteiger partial charge < -0.3 is 14.6 Å². The number of fused-ring (bicyclic) bond motifs is 2. The SMILES string of the molecule is CC1(N2CC[C@@H](F)C2)COC1.CNc1ncc2c(-c3ccc4nc(C)n(CC(F)F)c4n3)c(F)cn2n1.[HH]. The van der Waals surface area contributed by atoms with Crippen molar-refractivity contribution >= 4 is 22.6 Å². The van der Waals surface area contributed by atoms with E-state index in [1.807, 2.05) is 0 Å². The lowest BCUT2D eigenvalue weighted by Crippen LogP contribution is -2.59. The summed E-state index contributed by atoms with van der Waals surface area (Å²) >= 11 is 0. The molecule has 9 nitrogen and oxygen atoms in total. The molecule has 13 heteroatoms. The van der Waals surface area contributed by atoms with Gasteiger partial charge in [-0.15, -0.1) is 5.10 Å². The summed E-state index contributed by atoms with van der Waals surface area (Å²) in [5.41, 5.74) is 1.84. The topological polar surface area (TPSA) is 85.4 Å². The molecule has 0 bridgehead atoms. The van der Waals surface area contributed by atoms with Crippen LogP contribution < -0.4 is 5.32 Å². The first-order chi connectivity index (χ1) is 17.7. The first kappa shape index (κ1) is 25.3. The van der Waals surface area contributed by atoms with Crippen molar-refractivity contribution in [2.45, 2.75) is 44.9 Å². The molecule has 0 unspecified atom stereocenters. The van der Waals surface area contributed by atoms with Crippen LogP contribution in [0.4, 0.5) is 23.5 Å². The molecule has 2 saturated heterocycles. The van der Waals surface area contributed by atoms with Crippen molar-refractivity contribution in [3.05, 3.63) is 36.2 Å². The zero-order chi connectivity index (χ0) is 26.3. The second-order valence-corrected chi connectivity index (χ2v) is 9.54. The van der Waals surface area contributed by atoms with E-state index in [0.717, 1.165) is 19.8 Å². The number of nitrogens with one attached hydrogen (secondary N) is 1. The van der Waals surface area contributed by atoms with E-state index < -0.39 is 25.0 Å². The molecule has 1 N–H and O–H groups in total. The van der Waals surface area contributed by atoms with Crippen LogP contribution >= 0.6 is 0 Å². The Labute approximate surface area is 211 Å².